The van der Waals surface area contributed by atoms with Gasteiger partial charge in [-0.2, -0.15) is 0 Å². The summed E-state index contributed by atoms with van der Waals surface area (Å²) in [6, 6.07) is 19.1. The van der Waals surface area contributed by atoms with E-state index >= 15 is 0 Å². The molecule has 3 atom stereocenters. The van der Waals surface area contributed by atoms with Crippen molar-refractivity contribution in [2.24, 2.45) is 5.92 Å². The molecule has 1 heterocycles. The number of hydrogen-bond acceptors (Lipinski definition) is 1. The Morgan fingerprint density at radius 3 is 2.60 bits per heavy atom. The van der Waals surface area contributed by atoms with Gasteiger partial charge in [0, 0.05) is 16.3 Å². The van der Waals surface area contributed by atoms with E-state index in [1.165, 1.54) is 11.1 Å². The van der Waals surface area contributed by atoms with Crippen molar-refractivity contribution in [2.45, 2.75) is 24.1 Å². The molecule has 0 saturated carbocycles. The van der Waals surface area contributed by atoms with Crippen molar-refractivity contribution in [3.05, 3.63) is 65.7 Å². The second-order valence-electron chi connectivity index (χ2n) is 5.57. The number of ether oxygens (including phenoxy) is 1. The summed E-state index contributed by atoms with van der Waals surface area (Å²) in [6.07, 6.45) is 1.14. The van der Waals surface area contributed by atoms with Gasteiger partial charge in [-0.1, -0.05) is 71.4 Å². The highest BCUT2D eigenvalue weighted by atomic mass is 79.9. The molecule has 0 aliphatic carbocycles. The van der Waals surface area contributed by atoms with Gasteiger partial charge in [-0.15, -0.1) is 0 Å². The van der Waals surface area contributed by atoms with E-state index in [-0.39, 0.29) is 0 Å². The highest BCUT2D eigenvalue weighted by Gasteiger charge is 2.27. The standard InChI is InChI=1S/C18H19BrO/c1-13(18(19)14-7-3-2-4-8-14)11-15-12-20-17-10-6-5-9-16(15)17/h2-10,13,15,18H,11-12H2,1H3. The van der Waals surface area contributed by atoms with Gasteiger partial charge >= 0.3 is 0 Å². The Morgan fingerprint density at radius 2 is 1.80 bits per heavy atom. The lowest BCUT2D eigenvalue weighted by molar-refractivity contribution is 0.309. The van der Waals surface area contributed by atoms with Crippen LogP contribution in [0.2, 0.25) is 0 Å². The lowest BCUT2D eigenvalue weighted by Crippen LogP contribution is -2.10. The van der Waals surface area contributed by atoms with Gasteiger partial charge in [0.1, 0.15) is 5.75 Å². The molecule has 3 rings (SSSR count). The van der Waals surface area contributed by atoms with Gasteiger partial charge in [-0.25, -0.2) is 0 Å². The molecule has 0 spiro atoms. The average molecular weight is 331 g/mol. The first-order valence-corrected chi connectivity index (χ1v) is 8.08. The molecular formula is C18H19BrO. The summed E-state index contributed by atoms with van der Waals surface area (Å²) in [6.45, 7) is 3.13. The highest BCUT2D eigenvalue weighted by Crippen LogP contribution is 2.41. The minimum Gasteiger partial charge on any atom is -0.493 e. The zero-order valence-corrected chi connectivity index (χ0v) is 13.2. The van der Waals surface area contributed by atoms with Crippen LogP contribution in [0.15, 0.2) is 54.6 Å². The van der Waals surface area contributed by atoms with Gasteiger partial charge in [0.25, 0.3) is 0 Å². The van der Waals surface area contributed by atoms with Crippen molar-refractivity contribution in [3.63, 3.8) is 0 Å². The van der Waals surface area contributed by atoms with Gasteiger partial charge in [0.05, 0.1) is 6.61 Å². The number of hydrogen-bond donors (Lipinski definition) is 0. The first-order valence-electron chi connectivity index (χ1n) is 7.16. The molecule has 0 aromatic heterocycles. The molecular weight excluding hydrogens is 312 g/mol. The zero-order valence-electron chi connectivity index (χ0n) is 11.6. The van der Waals surface area contributed by atoms with Gasteiger partial charge in [-0.05, 0) is 24.0 Å². The fourth-order valence-electron chi connectivity index (χ4n) is 2.96. The summed E-state index contributed by atoms with van der Waals surface area (Å²) >= 11 is 3.86. The second kappa shape index (κ2) is 6.01. The van der Waals surface area contributed by atoms with Gasteiger partial charge in [0.15, 0.2) is 0 Å². The molecule has 2 aromatic carbocycles. The van der Waals surface area contributed by atoms with E-state index in [2.05, 4.69) is 71.4 Å². The number of rotatable bonds is 4. The van der Waals surface area contributed by atoms with Crippen LogP contribution in [0.1, 0.15) is 35.2 Å². The molecule has 0 fully saturated rings. The summed E-state index contributed by atoms with van der Waals surface area (Å²) in [5, 5.41) is 0. The van der Waals surface area contributed by atoms with E-state index in [1.54, 1.807) is 0 Å². The lowest BCUT2D eigenvalue weighted by atomic mass is 9.88. The third kappa shape index (κ3) is 2.76. The largest absolute Gasteiger partial charge is 0.493 e. The first-order chi connectivity index (χ1) is 9.75. The van der Waals surface area contributed by atoms with Crippen LogP contribution in [0.25, 0.3) is 0 Å². The molecule has 0 N–H and O–H groups in total. The molecule has 0 saturated heterocycles. The van der Waals surface area contributed by atoms with E-state index in [1.807, 2.05) is 6.07 Å². The van der Waals surface area contributed by atoms with Crippen LogP contribution in [0, 0.1) is 5.92 Å². The van der Waals surface area contributed by atoms with E-state index in [9.17, 15) is 0 Å². The van der Waals surface area contributed by atoms with E-state index in [0.717, 1.165) is 18.8 Å². The number of alkyl halides is 1. The predicted molar refractivity (Wildman–Crippen MR) is 86.6 cm³/mol. The Morgan fingerprint density at radius 1 is 1.10 bits per heavy atom. The van der Waals surface area contributed by atoms with Gasteiger partial charge < -0.3 is 4.74 Å². The third-order valence-corrected chi connectivity index (χ3v) is 5.50. The monoisotopic (exact) mass is 330 g/mol. The van der Waals surface area contributed by atoms with Crippen LogP contribution >= 0.6 is 15.9 Å². The molecule has 1 aliphatic heterocycles. The van der Waals surface area contributed by atoms with Crippen LogP contribution in [0.4, 0.5) is 0 Å². The predicted octanol–water partition coefficient (Wildman–Crippen LogP) is 5.33. The van der Waals surface area contributed by atoms with Crippen molar-refractivity contribution in [1.82, 2.24) is 0 Å². The average Bonchev–Trinajstić information content (AvgIpc) is 2.91. The molecule has 0 amide bonds. The summed E-state index contributed by atoms with van der Waals surface area (Å²) in [7, 11) is 0. The van der Waals surface area contributed by atoms with Crippen molar-refractivity contribution in [1.29, 1.82) is 0 Å². The fourth-order valence-corrected chi connectivity index (χ4v) is 3.48. The number of para-hydroxylation sites is 1. The minimum atomic E-state index is 0.400. The van der Waals surface area contributed by atoms with Crippen molar-refractivity contribution >= 4 is 15.9 Å². The number of benzene rings is 2. The fraction of sp³-hybridized carbons (Fsp3) is 0.333. The maximum Gasteiger partial charge on any atom is 0.122 e. The first kappa shape index (κ1) is 13.7. The molecule has 3 unspecified atom stereocenters. The van der Waals surface area contributed by atoms with Crippen LogP contribution in [0.5, 0.6) is 5.75 Å². The topological polar surface area (TPSA) is 9.23 Å². The number of halogens is 1. The smallest absolute Gasteiger partial charge is 0.122 e. The summed E-state index contributed by atoms with van der Waals surface area (Å²) in [5.41, 5.74) is 2.72. The zero-order chi connectivity index (χ0) is 13.9. The summed E-state index contributed by atoms with van der Waals surface area (Å²) in [4.78, 5) is 0.400. The van der Waals surface area contributed by atoms with Crippen LogP contribution in [0.3, 0.4) is 0 Å². The summed E-state index contributed by atoms with van der Waals surface area (Å²) in [5.74, 6) is 2.15. The quantitative estimate of drug-likeness (QED) is 0.689. The van der Waals surface area contributed by atoms with Crippen molar-refractivity contribution in [3.8, 4) is 5.75 Å². The van der Waals surface area contributed by atoms with Crippen molar-refractivity contribution < 1.29 is 4.74 Å². The Balaban J connectivity index is 1.70. The Kier molecular flexibility index (Phi) is 4.11. The van der Waals surface area contributed by atoms with Crippen molar-refractivity contribution in [2.75, 3.05) is 6.61 Å². The molecule has 0 radical (unpaired) electrons. The van der Waals surface area contributed by atoms with Crippen LogP contribution < -0.4 is 4.74 Å². The molecule has 0 bridgehead atoms. The van der Waals surface area contributed by atoms with Crippen LogP contribution in [-0.4, -0.2) is 6.61 Å². The maximum absolute atomic E-state index is 5.78. The maximum atomic E-state index is 5.78. The van der Waals surface area contributed by atoms with Gasteiger partial charge in [0.2, 0.25) is 0 Å². The third-order valence-electron chi connectivity index (χ3n) is 4.07. The second-order valence-corrected chi connectivity index (χ2v) is 6.56. The van der Waals surface area contributed by atoms with Crippen LogP contribution in [-0.2, 0) is 0 Å². The highest BCUT2D eigenvalue weighted by molar-refractivity contribution is 9.09. The van der Waals surface area contributed by atoms with Gasteiger partial charge in [-0.3, -0.25) is 0 Å². The summed E-state index contributed by atoms with van der Waals surface area (Å²) < 4.78 is 5.78. The molecule has 104 valence electrons. The normalized spacial score (nSPS) is 20.0. The van der Waals surface area contributed by atoms with E-state index in [4.69, 9.17) is 4.74 Å². The Bertz CT molecular complexity index is 567. The minimum absolute atomic E-state index is 0.400. The molecule has 2 aromatic rings. The molecule has 2 heteroatoms. The van der Waals surface area contributed by atoms with E-state index < -0.39 is 0 Å². The Labute approximate surface area is 129 Å². The molecule has 1 aliphatic rings. The molecule has 1 nitrogen and oxygen atoms in total. The van der Waals surface area contributed by atoms with E-state index in [0.29, 0.717) is 16.7 Å². The lowest BCUT2D eigenvalue weighted by Gasteiger charge is -2.21. The molecule has 20 heavy (non-hydrogen) atoms. The SMILES string of the molecule is CC(CC1COc2ccccc21)C(Br)c1ccccc1. The number of fused-ring (bicyclic) bond motifs is 1. The Hall–Kier alpha value is -1.28.